The molecule has 0 atom stereocenters. The molecule has 3 heteroatoms. The molecule has 1 rings (SSSR count). The highest BCUT2D eigenvalue weighted by atomic mass is 15.3. The maximum absolute atomic E-state index is 4.22. The minimum atomic E-state index is 0.246. The van der Waals surface area contributed by atoms with Crippen molar-refractivity contribution in [1.29, 1.82) is 0 Å². The van der Waals surface area contributed by atoms with Crippen molar-refractivity contribution in [1.82, 2.24) is 15.1 Å². The fourth-order valence-electron chi connectivity index (χ4n) is 1.37. The summed E-state index contributed by atoms with van der Waals surface area (Å²) in [6, 6.07) is 2.51. The Kier molecular flexibility index (Phi) is 3.69. The van der Waals surface area contributed by atoms with E-state index in [4.69, 9.17) is 0 Å². The van der Waals surface area contributed by atoms with Gasteiger partial charge in [0.05, 0.1) is 0 Å². The first kappa shape index (κ1) is 11.2. The molecule has 0 aromatic carbocycles. The van der Waals surface area contributed by atoms with Gasteiger partial charge in [-0.25, -0.2) is 0 Å². The van der Waals surface area contributed by atoms with Crippen LogP contribution in [0.4, 0.5) is 0 Å². The van der Waals surface area contributed by atoms with Gasteiger partial charge >= 0.3 is 0 Å². The summed E-state index contributed by atoms with van der Waals surface area (Å²) in [5, 5.41) is 7.67. The lowest BCUT2D eigenvalue weighted by Gasteiger charge is -2.26. The Morgan fingerprint density at radius 2 is 2.14 bits per heavy atom. The first-order valence-electron chi connectivity index (χ1n) is 5.20. The molecule has 14 heavy (non-hydrogen) atoms. The number of aromatic nitrogens is 2. The highest BCUT2D eigenvalue weighted by Crippen LogP contribution is 2.16. The summed E-state index contributed by atoms with van der Waals surface area (Å²) >= 11 is 0. The summed E-state index contributed by atoms with van der Waals surface area (Å²) in [6.07, 6.45) is 3.84. The summed E-state index contributed by atoms with van der Waals surface area (Å²) in [6.45, 7) is 10.8. The van der Waals surface area contributed by atoms with Gasteiger partial charge in [-0.1, -0.05) is 27.7 Å². The monoisotopic (exact) mass is 195 g/mol. The average molecular weight is 195 g/mol. The Labute approximate surface area is 86.5 Å². The summed E-state index contributed by atoms with van der Waals surface area (Å²) in [5.74, 6) is 0. The molecular weight excluding hydrogens is 174 g/mol. The Morgan fingerprint density at radius 3 is 2.64 bits per heavy atom. The number of nitrogens with one attached hydrogen (secondary N) is 1. The van der Waals surface area contributed by atoms with Gasteiger partial charge in [-0.2, -0.15) is 5.10 Å². The van der Waals surface area contributed by atoms with Crippen LogP contribution in [-0.4, -0.2) is 22.4 Å². The molecule has 1 N–H and O–H groups in total. The molecule has 0 unspecified atom stereocenters. The Morgan fingerprint density at radius 1 is 1.43 bits per heavy atom. The van der Waals surface area contributed by atoms with Crippen LogP contribution in [0.3, 0.4) is 0 Å². The van der Waals surface area contributed by atoms with Crippen LogP contribution in [0.5, 0.6) is 0 Å². The summed E-state index contributed by atoms with van der Waals surface area (Å²) in [7, 11) is 0. The predicted octanol–water partition coefficient (Wildman–Crippen LogP) is 1.91. The van der Waals surface area contributed by atoms with Gasteiger partial charge in [0.1, 0.15) is 0 Å². The molecule has 1 aromatic heterocycles. The zero-order valence-corrected chi connectivity index (χ0v) is 9.62. The summed E-state index contributed by atoms with van der Waals surface area (Å²) in [4.78, 5) is 0. The third kappa shape index (κ3) is 3.92. The van der Waals surface area contributed by atoms with Crippen LogP contribution in [0.25, 0.3) is 0 Å². The van der Waals surface area contributed by atoms with Crippen LogP contribution < -0.4 is 5.32 Å². The van der Waals surface area contributed by atoms with E-state index in [1.165, 1.54) is 0 Å². The van der Waals surface area contributed by atoms with Crippen molar-refractivity contribution in [3.63, 3.8) is 0 Å². The molecule has 3 nitrogen and oxygen atoms in total. The summed E-state index contributed by atoms with van der Waals surface area (Å²) < 4.78 is 1.99. The number of rotatable bonds is 5. The SMILES string of the molecule is CC(C)NCC(C)(C)Cn1cccn1. The molecule has 0 aliphatic heterocycles. The lowest BCUT2D eigenvalue weighted by Crippen LogP contribution is -2.36. The van der Waals surface area contributed by atoms with Crippen molar-refractivity contribution in [3.8, 4) is 0 Å². The van der Waals surface area contributed by atoms with Gasteiger partial charge in [-0.3, -0.25) is 4.68 Å². The van der Waals surface area contributed by atoms with E-state index in [1.807, 2.05) is 23.1 Å². The maximum Gasteiger partial charge on any atom is 0.0489 e. The van der Waals surface area contributed by atoms with Crippen molar-refractivity contribution in [2.45, 2.75) is 40.3 Å². The fraction of sp³-hybridized carbons (Fsp3) is 0.727. The second-order valence-electron chi connectivity index (χ2n) is 4.90. The lowest BCUT2D eigenvalue weighted by atomic mass is 9.93. The average Bonchev–Trinajstić information content (AvgIpc) is 2.53. The van der Waals surface area contributed by atoms with Crippen molar-refractivity contribution in [3.05, 3.63) is 18.5 Å². The minimum Gasteiger partial charge on any atom is -0.314 e. The van der Waals surface area contributed by atoms with Crippen molar-refractivity contribution in [2.24, 2.45) is 5.41 Å². The molecule has 1 heterocycles. The quantitative estimate of drug-likeness (QED) is 0.777. The summed E-state index contributed by atoms with van der Waals surface area (Å²) in [5.41, 5.74) is 0.246. The smallest absolute Gasteiger partial charge is 0.0489 e. The second kappa shape index (κ2) is 4.60. The number of hydrogen-bond donors (Lipinski definition) is 1. The zero-order chi connectivity index (χ0) is 10.6. The van der Waals surface area contributed by atoms with E-state index in [9.17, 15) is 0 Å². The number of nitrogens with zero attached hydrogens (tertiary/aromatic N) is 2. The zero-order valence-electron chi connectivity index (χ0n) is 9.62. The third-order valence-electron chi connectivity index (χ3n) is 2.14. The van der Waals surface area contributed by atoms with Crippen LogP contribution in [0.2, 0.25) is 0 Å². The standard InChI is InChI=1S/C11H21N3/c1-10(2)12-8-11(3,4)9-14-7-5-6-13-14/h5-7,10,12H,8-9H2,1-4H3. The van der Waals surface area contributed by atoms with E-state index in [1.54, 1.807) is 0 Å². The van der Waals surface area contributed by atoms with Gasteiger partial charge in [0.25, 0.3) is 0 Å². The molecule has 0 amide bonds. The molecule has 0 aliphatic carbocycles. The highest BCUT2D eigenvalue weighted by molar-refractivity contribution is 4.81. The normalized spacial score (nSPS) is 12.4. The molecule has 0 saturated heterocycles. The Balaban J connectivity index is 2.41. The first-order valence-corrected chi connectivity index (χ1v) is 5.20. The molecule has 0 radical (unpaired) electrons. The number of hydrogen-bond acceptors (Lipinski definition) is 2. The van der Waals surface area contributed by atoms with Crippen LogP contribution in [0.1, 0.15) is 27.7 Å². The largest absolute Gasteiger partial charge is 0.314 e. The van der Waals surface area contributed by atoms with Crippen LogP contribution in [-0.2, 0) is 6.54 Å². The van der Waals surface area contributed by atoms with Gasteiger partial charge in [0.2, 0.25) is 0 Å². The Bertz CT molecular complexity index is 250. The Hall–Kier alpha value is -0.830. The van der Waals surface area contributed by atoms with Crippen molar-refractivity contribution < 1.29 is 0 Å². The van der Waals surface area contributed by atoms with Crippen LogP contribution in [0, 0.1) is 5.41 Å². The molecule has 0 spiro atoms. The molecular formula is C11H21N3. The topological polar surface area (TPSA) is 29.9 Å². The van der Waals surface area contributed by atoms with E-state index in [-0.39, 0.29) is 5.41 Å². The molecule has 80 valence electrons. The maximum atomic E-state index is 4.22. The van der Waals surface area contributed by atoms with Gasteiger partial charge < -0.3 is 5.32 Å². The minimum absolute atomic E-state index is 0.246. The van der Waals surface area contributed by atoms with Crippen LogP contribution in [0.15, 0.2) is 18.5 Å². The van der Waals surface area contributed by atoms with E-state index < -0.39 is 0 Å². The van der Waals surface area contributed by atoms with Gasteiger partial charge in [-0.05, 0) is 11.5 Å². The molecule has 0 aliphatic rings. The first-order chi connectivity index (χ1) is 6.49. The predicted molar refractivity (Wildman–Crippen MR) is 59.1 cm³/mol. The van der Waals surface area contributed by atoms with Crippen LogP contribution >= 0.6 is 0 Å². The van der Waals surface area contributed by atoms with Crippen molar-refractivity contribution in [2.75, 3.05) is 6.54 Å². The fourth-order valence-corrected chi connectivity index (χ4v) is 1.37. The molecule has 1 aromatic rings. The van der Waals surface area contributed by atoms with Gasteiger partial charge in [-0.15, -0.1) is 0 Å². The van der Waals surface area contributed by atoms with E-state index >= 15 is 0 Å². The molecule has 0 bridgehead atoms. The third-order valence-corrected chi connectivity index (χ3v) is 2.14. The molecule has 0 saturated carbocycles. The lowest BCUT2D eigenvalue weighted by molar-refractivity contribution is 0.269. The van der Waals surface area contributed by atoms with Gasteiger partial charge in [0.15, 0.2) is 0 Å². The van der Waals surface area contributed by atoms with Crippen molar-refractivity contribution >= 4 is 0 Å². The molecule has 0 fully saturated rings. The highest BCUT2D eigenvalue weighted by Gasteiger charge is 2.18. The van der Waals surface area contributed by atoms with Gasteiger partial charge in [0, 0.05) is 31.5 Å². The second-order valence-corrected chi connectivity index (χ2v) is 4.90. The van der Waals surface area contributed by atoms with E-state index in [0.717, 1.165) is 13.1 Å². The van der Waals surface area contributed by atoms with E-state index in [2.05, 4.69) is 38.1 Å². The van der Waals surface area contributed by atoms with E-state index in [0.29, 0.717) is 6.04 Å².